The van der Waals surface area contributed by atoms with Gasteiger partial charge in [-0.2, -0.15) is 0 Å². The molecular formula is C13H15FN2O. The summed E-state index contributed by atoms with van der Waals surface area (Å²) >= 11 is 0. The van der Waals surface area contributed by atoms with E-state index in [4.69, 9.17) is 5.73 Å². The first-order valence-corrected chi connectivity index (χ1v) is 6.01. The molecule has 1 aromatic rings. The molecule has 0 aromatic heterocycles. The number of carbonyl (C=O) groups is 1. The van der Waals surface area contributed by atoms with E-state index in [0.29, 0.717) is 13.1 Å². The van der Waals surface area contributed by atoms with Gasteiger partial charge in [-0.15, -0.1) is 0 Å². The summed E-state index contributed by atoms with van der Waals surface area (Å²) in [6.45, 7) is 1.20. The first-order chi connectivity index (χ1) is 8.19. The average Bonchev–Trinajstić information content (AvgIpc) is 3.08. The summed E-state index contributed by atoms with van der Waals surface area (Å²) in [5.74, 6) is -0.130. The Balaban J connectivity index is 2.02. The van der Waals surface area contributed by atoms with Crippen molar-refractivity contribution in [2.45, 2.75) is 24.7 Å². The Labute approximate surface area is 99.4 Å². The molecule has 0 atom stereocenters. The van der Waals surface area contributed by atoms with E-state index in [-0.39, 0.29) is 11.7 Å². The fourth-order valence-electron chi connectivity index (χ4n) is 2.69. The van der Waals surface area contributed by atoms with E-state index in [9.17, 15) is 9.18 Å². The van der Waals surface area contributed by atoms with Crippen molar-refractivity contribution in [1.29, 1.82) is 0 Å². The van der Waals surface area contributed by atoms with Crippen molar-refractivity contribution in [3.8, 4) is 0 Å². The molecule has 4 heteroatoms. The Kier molecular flexibility index (Phi) is 2.23. The normalized spacial score (nSPS) is 19.9. The van der Waals surface area contributed by atoms with Crippen LogP contribution in [-0.2, 0) is 10.2 Å². The third kappa shape index (κ3) is 1.40. The predicted molar refractivity (Wildman–Crippen MR) is 63.3 cm³/mol. The Morgan fingerprint density at radius 2 is 2.18 bits per heavy atom. The van der Waals surface area contributed by atoms with E-state index in [1.165, 1.54) is 12.1 Å². The summed E-state index contributed by atoms with van der Waals surface area (Å²) in [5.41, 5.74) is 6.84. The Bertz CT molecular complexity index is 482. The number of anilines is 1. The van der Waals surface area contributed by atoms with Gasteiger partial charge in [-0.05, 0) is 49.6 Å². The molecule has 3 nitrogen and oxygen atoms in total. The van der Waals surface area contributed by atoms with Gasteiger partial charge in [0.25, 0.3) is 0 Å². The molecule has 1 heterocycles. The maximum Gasteiger partial charge on any atom is 0.237 e. The second-order valence-corrected chi connectivity index (χ2v) is 4.84. The van der Waals surface area contributed by atoms with E-state index in [1.807, 2.05) is 0 Å². The minimum Gasteiger partial charge on any atom is -0.330 e. The molecule has 1 amide bonds. The molecule has 1 spiro atoms. The Morgan fingerprint density at radius 3 is 2.82 bits per heavy atom. The number of benzene rings is 1. The molecule has 1 fully saturated rings. The summed E-state index contributed by atoms with van der Waals surface area (Å²) in [5, 5.41) is 0. The predicted octanol–water partition coefficient (Wildman–Crippen LogP) is 1.55. The minimum absolute atomic E-state index is 0.131. The van der Waals surface area contributed by atoms with Crippen molar-refractivity contribution in [3.05, 3.63) is 29.6 Å². The van der Waals surface area contributed by atoms with Crippen LogP contribution in [0.4, 0.5) is 10.1 Å². The Hall–Kier alpha value is -1.42. The van der Waals surface area contributed by atoms with Crippen LogP contribution in [0.2, 0.25) is 0 Å². The number of nitrogens with two attached hydrogens (primary N) is 1. The van der Waals surface area contributed by atoms with E-state index in [0.717, 1.165) is 30.5 Å². The van der Waals surface area contributed by atoms with Crippen molar-refractivity contribution in [2.75, 3.05) is 18.0 Å². The molecule has 3 rings (SSSR count). The number of fused-ring (bicyclic) bond motifs is 2. The number of halogens is 1. The molecule has 0 radical (unpaired) electrons. The topological polar surface area (TPSA) is 46.3 Å². The second kappa shape index (κ2) is 3.53. The number of nitrogens with zero attached hydrogens (tertiary/aromatic N) is 1. The van der Waals surface area contributed by atoms with Crippen LogP contribution in [0.15, 0.2) is 18.2 Å². The van der Waals surface area contributed by atoms with Crippen LogP contribution in [0.3, 0.4) is 0 Å². The van der Waals surface area contributed by atoms with Gasteiger partial charge in [0, 0.05) is 12.2 Å². The standard InChI is InChI=1S/C13H15FN2O/c14-9-2-3-11-10(8-9)13(4-5-13)12(17)16(11)7-1-6-15/h2-3,8H,1,4-7,15H2. The van der Waals surface area contributed by atoms with Crippen LogP contribution < -0.4 is 10.6 Å². The molecule has 0 bridgehead atoms. The highest BCUT2D eigenvalue weighted by atomic mass is 19.1. The maximum atomic E-state index is 13.3. The van der Waals surface area contributed by atoms with Crippen LogP contribution in [-0.4, -0.2) is 19.0 Å². The van der Waals surface area contributed by atoms with Gasteiger partial charge in [0.1, 0.15) is 5.82 Å². The van der Waals surface area contributed by atoms with Crippen molar-refractivity contribution >= 4 is 11.6 Å². The lowest BCUT2D eigenvalue weighted by atomic mass is 9.98. The van der Waals surface area contributed by atoms with E-state index in [1.54, 1.807) is 11.0 Å². The van der Waals surface area contributed by atoms with Gasteiger partial charge in [-0.1, -0.05) is 0 Å². The zero-order valence-electron chi connectivity index (χ0n) is 9.58. The van der Waals surface area contributed by atoms with Crippen molar-refractivity contribution in [1.82, 2.24) is 0 Å². The zero-order chi connectivity index (χ0) is 12.0. The first-order valence-electron chi connectivity index (χ1n) is 6.01. The average molecular weight is 234 g/mol. The fraction of sp³-hybridized carbons (Fsp3) is 0.462. The minimum atomic E-state index is -0.397. The van der Waals surface area contributed by atoms with Crippen molar-refractivity contribution in [2.24, 2.45) is 5.73 Å². The SMILES string of the molecule is NCCCN1C(=O)C2(CC2)c2cc(F)ccc21. The van der Waals surface area contributed by atoms with Crippen LogP contribution in [0.25, 0.3) is 0 Å². The molecule has 1 aliphatic carbocycles. The molecular weight excluding hydrogens is 219 g/mol. The number of hydrogen-bond acceptors (Lipinski definition) is 2. The molecule has 2 aliphatic rings. The van der Waals surface area contributed by atoms with Gasteiger partial charge >= 0.3 is 0 Å². The third-order valence-corrected chi connectivity index (χ3v) is 3.76. The Morgan fingerprint density at radius 1 is 1.41 bits per heavy atom. The van der Waals surface area contributed by atoms with Crippen LogP contribution >= 0.6 is 0 Å². The molecule has 90 valence electrons. The molecule has 1 aliphatic heterocycles. The zero-order valence-corrected chi connectivity index (χ0v) is 9.58. The van der Waals surface area contributed by atoms with Crippen LogP contribution in [0.1, 0.15) is 24.8 Å². The third-order valence-electron chi connectivity index (χ3n) is 3.76. The largest absolute Gasteiger partial charge is 0.330 e. The van der Waals surface area contributed by atoms with Crippen molar-refractivity contribution < 1.29 is 9.18 Å². The highest BCUT2D eigenvalue weighted by Gasteiger charge is 2.58. The molecule has 0 unspecified atom stereocenters. The van der Waals surface area contributed by atoms with Gasteiger partial charge in [0.05, 0.1) is 5.41 Å². The highest BCUT2D eigenvalue weighted by molar-refractivity contribution is 6.10. The van der Waals surface area contributed by atoms with Crippen molar-refractivity contribution in [3.63, 3.8) is 0 Å². The van der Waals surface area contributed by atoms with Gasteiger partial charge in [0.15, 0.2) is 0 Å². The number of hydrogen-bond donors (Lipinski definition) is 1. The smallest absolute Gasteiger partial charge is 0.237 e. The van der Waals surface area contributed by atoms with Gasteiger partial charge in [-0.3, -0.25) is 4.79 Å². The van der Waals surface area contributed by atoms with Crippen LogP contribution in [0.5, 0.6) is 0 Å². The number of amides is 1. The summed E-state index contributed by atoms with van der Waals surface area (Å²) < 4.78 is 13.3. The summed E-state index contributed by atoms with van der Waals surface area (Å²) in [6.07, 6.45) is 2.47. The summed E-state index contributed by atoms with van der Waals surface area (Å²) in [7, 11) is 0. The lowest BCUT2D eigenvalue weighted by Crippen LogP contribution is -2.33. The van der Waals surface area contributed by atoms with Gasteiger partial charge in [0.2, 0.25) is 5.91 Å². The molecule has 1 saturated carbocycles. The maximum absolute atomic E-state index is 13.3. The summed E-state index contributed by atoms with van der Waals surface area (Å²) in [6, 6.07) is 4.65. The number of carbonyl (C=O) groups excluding carboxylic acids is 1. The lowest BCUT2D eigenvalue weighted by molar-refractivity contribution is -0.120. The molecule has 17 heavy (non-hydrogen) atoms. The highest BCUT2D eigenvalue weighted by Crippen LogP contribution is 2.57. The molecule has 0 saturated heterocycles. The lowest BCUT2D eigenvalue weighted by Gasteiger charge is -2.17. The number of rotatable bonds is 3. The monoisotopic (exact) mass is 234 g/mol. The first kappa shape index (κ1) is 10.7. The summed E-state index contributed by atoms with van der Waals surface area (Å²) in [4.78, 5) is 14.1. The van der Waals surface area contributed by atoms with Gasteiger partial charge in [-0.25, -0.2) is 4.39 Å². The molecule has 1 aromatic carbocycles. The van der Waals surface area contributed by atoms with Crippen LogP contribution in [0, 0.1) is 5.82 Å². The second-order valence-electron chi connectivity index (χ2n) is 4.84. The van der Waals surface area contributed by atoms with E-state index >= 15 is 0 Å². The van der Waals surface area contributed by atoms with E-state index in [2.05, 4.69) is 0 Å². The quantitative estimate of drug-likeness (QED) is 0.862. The molecule has 2 N–H and O–H groups in total. The fourth-order valence-corrected chi connectivity index (χ4v) is 2.69. The van der Waals surface area contributed by atoms with E-state index < -0.39 is 5.41 Å². The van der Waals surface area contributed by atoms with Gasteiger partial charge < -0.3 is 10.6 Å².